The van der Waals surface area contributed by atoms with E-state index in [1.807, 2.05) is 13.2 Å². The highest BCUT2D eigenvalue weighted by Gasteiger charge is 2.30. The summed E-state index contributed by atoms with van der Waals surface area (Å²) in [6.45, 7) is 2.17. The summed E-state index contributed by atoms with van der Waals surface area (Å²) < 4.78 is 1.69. The summed E-state index contributed by atoms with van der Waals surface area (Å²) >= 11 is 0. The van der Waals surface area contributed by atoms with Gasteiger partial charge in [0.1, 0.15) is 0 Å². The minimum Gasteiger partial charge on any atom is -0.294 e. The first-order chi connectivity index (χ1) is 6.68. The summed E-state index contributed by atoms with van der Waals surface area (Å²) in [6.07, 6.45) is 6.92. The fourth-order valence-corrected chi connectivity index (χ4v) is 2.30. The number of aromatic nitrogens is 2. The Balaban J connectivity index is 2.15. The van der Waals surface area contributed by atoms with Gasteiger partial charge in [-0.25, -0.2) is 0 Å². The molecule has 0 bridgehead atoms. The van der Waals surface area contributed by atoms with E-state index in [2.05, 4.69) is 12.0 Å². The molecule has 1 fully saturated rings. The fourth-order valence-electron chi connectivity index (χ4n) is 2.30. The molecule has 1 aromatic heterocycles. The molecule has 0 N–H and O–H groups in total. The molecule has 2 atom stereocenters. The zero-order valence-corrected chi connectivity index (χ0v) is 8.73. The van der Waals surface area contributed by atoms with Crippen molar-refractivity contribution in [3.63, 3.8) is 0 Å². The summed E-state index contributed by atoms with van der Waals surface area (Å²) in [6, 6.07) is 0. The van der Waals surface area contributed by atoms with Crippen molar-refractivity contribution in [2.45, 2.75) is 26.2 Å². The molecule has 2 rings (SSSR count). The van der Waals surface area contributed by atoms with Crippen LogP contribution in [-0.4, -0.2) is 15.6 Å². The lowest BCUT2D eigenvalue weighted by Crippen LogP contribution is -2.16. The number of hydrogen-bond donors (Lipinski definition) is 0. The average molecular weight is 192 g/mol. The van der Waals surface area contributed by atoms with E-state index in [1.54, 1.807) is 10.9 Å². The quantitative estimate of drug-likeness (QED) is 0.672. The maximum Gasteiger partial charge on any atom is 0.169 e. The molecule has 0 aromatic carbocycles. The summed E-state index contributed by atoms with van der Waals surface area (Å²) in [5, 5.41) is 4.03. The minimum atomic E-state index is 0.235. The molecule has 0 spiro atoms. The summed E-state index contributed by atoms with van der Waals surface area (Å²) in [7, 11) is 1.84. The fraction of sp³-hybridized carbons (Fsp3) is 0.636. The maximum absolute atomic E-state index is 12.0. The van der Waals surface area contributed by atoms with Crippen LogP contribution in [0.1, 0.15) is 36.5 Å². The van der Waals surface area contributed by atoms with Gasteiger partial charge in [-0.2, -0.15) is 5.10 Å². The number of rotatable bonds is 2. The van der Waals surface area contributed by atoms with Crippen LogP contribution in [0.25, 0.3) is 0 Å². The van der Waals surface area contributed by atoms with Gasteiger partial charge in [0.2, 0.25) is 0 Å². The van der Waals surface area contributed by atoms with E-state index in [4.69, 9.17) is 0 Å². The second kappa shape index (κ2) is 3.56. The van der Waals surface area contributed by atoms with Crippen LogP contribution < -0.4 is 0 Å². The zero-order chi connectivity index (χ0) is 10.1. The number of carbonyl (C=O) groups is 1. The third-order valence-corrected chi connectivity index (χ3v) is 3.19. The zero-order valence-electron chi connectivity index (χ0n) is 8.73. The van der Waals surface area contributed by atoms with Crippen molar-refractivity contribution < 1.29 is 4.79 Å². The van der Waals surface area contributed by atoms with Gasteiger partial charge in [-0.15, -0.1) is 0 Å². The molecule has 0 saturated heterocycles. The minimum absolute atomic E-state index is 0.235. The maximum atomic E-state index is 12.0. The molecule has 1 heterocycles. The molecular weight excluding hydrogens is 176 g/mol. The molecule has 1 aromatic rings. The van der Waals surface area contributed by atoms with Crippen molar-refractivity contribution in [1.82, 2.24) is 9.78 Å². The molecule has 1 saturated carbocycles. The molecule has 2 unspecified atom stereocenters. The highest BCUT2D eigenvalue weighted by atomic mass is 16.1. The molecule has 3 heteroatoms. The van der Waals surface area contributed by atoms with E-state index in [0.717, 1.165) is 12.0 Å². The third kappa shape index (κ3) is 1.59. The standard InChI is InChI=1S/C11H16N2O/c1-8-4-3-5-10(8)11(14)9-6-12-13(2)7-9/h6-8,10H,3-5H2,1-2H3. The Kier molecular flexibility index (Phi) is 2.40. The van der Waals surface area contributed by atoms with Crippen molar-refractivity contribution in [3.05, 3.63) is 18.0 Å². The van der Waals surface area contributed by atoms with Crippen molar-refractivity contribution in [3.8, 4) is 0 Å². The van der Waals surface area contributed by atoms with Crippen LogP contribution in [0.15, 0.2) is 12.4 Å². The molecule has 76 valence electrons. The molecule has 0 amide bonds. The van der Waals surface area contributed by atoms with Crippen LogP contribution in [0.5, 0.6) is 0 Å². The molecule has 1 aliphatic carbocycles. The van der Waals surface area contributed by atoms with Gasteiger partial charge in [0, 0.05) is 19.2 Å². The van der Waals surface area contributed by atoms with E-state index < -0.39 is 0 Å². The Bertz CT molecular complexity index is 343. The molecule has 0 aliphatic heterocycles. The molecule has 1 aliphatic rings. The van der Waals surface area contributed by atoms with Gasteiger partial charge in [-0.05, 0) is 18.8 Å². The van der Waals surface area contributed by atoms with Crippen LogP contribution >= 0.6 is 0 Å². The van der Waals surface area contributed by atoms with Crippen LogP contribution in [0.2, 0.25) is 0 Å². The van der Waals surface area contributed by atoms with E-state index in [1.165, 1.54) is 12.8 Å². The van der Waals surface area contributed by atoms with Crippen LogP contribution in [0.4, 0.5) is 0 Å². The Labute approximate surface area is 84.1 Å². The summed E-state index contributed by atoms with van der Waals surface area (Å²) in [5.74, 6) is 1.06. The lowest BCUT2D eigenvalue weighted by molar-refractivity contribution is 0.0897. The van der Waals surface area contributed by atoms with E-state index in [0.29, 0.717) is 5.92 Å². The SMILES string of the molecule is CC1CCCC1C(=O)c1cnn(C)c1. The third-order valence-electron chi connectivity index (χ3n) is 3.19. The molecule has 3 nitrogen and oxygen atoms in total. The smallest absolute Gasteiger partial charge is 0.169 e. The number of hydrogen-bond acceptors (Lipinski definition) is 2. The normalized spacial score (nSPS) is 26.7. The van der Waals surface area contributed by atoms with Gasteiger partial charge < -0.3 is 0 Å². The predicted octanol–water partition coefficient (Wildman–Crippen LogP) is 2.04. The van der Waals surface area contributed by atoms with Crippen molar-refractivity contribution in [2.75, 3.05) is 0 Å². The summed E-state index contributed by atoms with van der Waals surface area (Å²) in [5.41, 5.74) is 0.770. The highest BCUT2D eigenvalue weighted by molar-refractivity contribution is 5.97. The first-order valence-corrected chi connectivity index (χ1v) is 5.21. The Morgan fingerprint density at radius 3 is 2.86 bits per heavy atom. The van der Waals surface area contributed by atoms with Crippen LogP contribution in [-0.2, 0) is 7.05 Å². The second-order valence-corrected chi connectivity index (χ2v) is 4.28. The largest absolute Gasteiger partial charge is 0.294 e. The molecular formula is C11H16N2O. The van der Waals surface area contributed by atoms with Gasteiger partial charge in [-0.3, -0.25) is 9.48 Å². The molecule has 0 radical (unpaired) electrons. The lowest BCUT2D eigenvalue weighted by Gasteiger charge is -2.11. The first-order valence-electron chi connectivity index (χ1n) is 5.21. The Morgan fingerprint density at radius 1 is 1.57 bits per heavy atom. The molecule has 14 heavy (non-hydrogen) atoms. The van der Waals surface area contributed by atoms with Crippen molar-refractivity contribution in [1.29, 1.82) is 0 Å². The van der Waals surface area contributed by atoms with Crippen LogP contribution in [0.3, 0.4) is 0 Å². The second-order valence-electron chi connectivity index (χ2n) is 4.28. The summed E-state index contributed by atoms with van der Waals surface area (Å²) in [4.78, 5) is 12.0. The predicted molar refractivity (Wildman–Crippen MR) is 54.0 cm³/mol. The lowest BCUT2D eigenvalue weighted by atomic mass is 9.91. The number of nitrogens with zero attached hydrogens (tertiary/aromatic N) is 2. The van der Waals surface area contributed by atoms with Gasteiger partial charge in [0.15, 0.2) is 5.78 Å². The van der Waals surface area contributed by atoms with Gasteiger partial charge in [-0.1, -0.05) is 13.3 Å². The van der Waals surface area contributed by atoms with Gasteiger partial charge >= 0.3 is 0 Å². The number of aryl methyl sites for hydroxylation is 1. The van der Waals surface area contributed by atoms with E-state index in [-0.39, 0.29) is 11.7 Å². The van der Waals surface area contributed by atoms with E-state index >= 15 is 0 Å². The number of ketones is 1. The van der Waals surface area contributed by atoms with Gasteiger partial charge in [0.25, 0.3) is 0 Å². The Morgan fingerprint density at radius 2 is 2.36 bits per heavy atom. The van der Waals surface area contributed by atoms with E-state index in [9.17, 15) is 4.79 Å². The number of carbonyl (C=O) groups excluding carboxylic acids is 1. The monoisotopic (exact) mass is 192 g/mol. The first kappa shape index (κ1) is 9.44. The number of Topliss-reactive ketones (excluding diaryl/α,β-unsaturated/α-hetero) is 1. The topological polar surface area (TPSA) is 34.9 Å². The van der Waals surface area contributed by atoms with Crippen molar-refractivity contribution in [2.24, 2.45) is 18.9 Å². The van der Waals surface area contributed by atoms with Gasteiger partial charge in [0.05, 0.1) is 11.8 Å². The average Bonchev–Trinajstić information content (AvgIpc) is 2.73. The van der Waals surface area contributed by atoms with Crippen molar-refractivity contribution >= 4 is 5.78 Å². The highest BCUT2D eigenvalue weighted by Crippen LogP contribution is 2.33. The van der Waals surface area contributed by atoms with Crippen LogP contribution in [0, 0.1) is 11.8 Å². The Hall–Kier alpha value is -1.12.